The number of benzene rings is 2. The van der Waals surface area contributed by atoms with Gasteiger partial charge in [0.1, 0.15) is 6.54 Å². The summed E-state index contributed by atoms with van der Waals surface area (Å²) in [7, 11) is 0. The first-order valence-electron chi connectivity index (χ1n) is 8.09. The van der Waals surface area contributed by atoms with E-state index in [0.717, 1.165) is 41.1 Å². The number of amides is 2. The van der Waals surface area contributed by atoms with Gasteiger partial charge in [-0.2, -0.15) is 0 Å². The van der Waals surface area contributed by atoms with Crippen molar-refractivity contribution in [2.75, 3.05) is 22.9 Å². The van der Waals surface area contributed by atoms with Crippen molar-refractivity contribution in [3.63, 3.8) is 0 Å². The Kier molecular flexibility index (Phi) is 4.79. The molecule has 2 aromatic rings. The van der Waals surface area contributed by atoms with Gasteiger partial charge in [0.15, 0.2) is 11.6 Å². The Hall–Kier alpha value is -2.76. The SMILES string of the molecule is CC(=O)N(CC(=O)N1CCCc2ccccc21)c1ccc(F)c(F)c1. The number of nitrogens with zero attached hydrogens (tertiary/aromatic N) is 2. The number of halogens is 2. The maximum Gasteiger partial charge on any atom is 0.247 e. The predicted octanol–water partition coefficient (Wildman–Crippen LogP) is 3.30. The van der Waals surface area contributed by atoms with Crippen molar-refractivity contribution in [3.8, 4) is 0 Å². The summed E-state index contributed by atoms with van der Waals surface area (Å²) in [5.74, 6) is -2.72. The standard InChI is InChI=1S/C19H18F2N2O2/c1-13(24)23(15-8-9-16(20)17(21)11-15)12-19(25)22-10-4-6-14-5-2-3-7-18(14)22/h2-3,5,7-9,11H,4,6,10,12H2,1H3. The molecule has 0 radical (unpaired) electrons. The lowest BCUT2D eigenvalue weighted by atomic mass is 10.0. The molecule has 0 N–H and O–H groups in total. The molecule has 25 heavy (non-hydrogen) atoms. The van der Waals surface area contributed by atoms with Crippen LogP contribution < -0.4 is 9.80 Å². The maximum absolute atomic E-state index is 13.5. The van der Waals surface area contributed by atoms with E-state index in [1.165, 1.54) is 13.0 Å². The number of aryl methyl sites for hydroxylation is 1. The van der Waals surface area contributed by atoms with Crippen molar-refractivity contribution in [3.05, 3.63) is 59.7 Å². The average molecular weight is 344 g/mol. The Morgan fingerprint density at radius 2 is 1.88 bits per heavy atom. The molecule has 0 unspecified atom stereocenters. The van der Waals surface area contributed by atoms with Gasteiger partial charge in [0.2, 0.25) is 11.8 Å². The van der Waals surface area contributed by atoms with Crippen LogP contribution in [-0.2, 0) is 16.0 Å². The molecule has 0 saturated heterocycles. The van der Waals surface area contributed by atoms with Crippen molar-refractivity contribution in [2.24, 2.45) is 0 Å². The van der Waals surface area contributed by atoms with E-state index >= 15 is 0 Å². The first kappa shape index (κ1) is 17.1. The summed E-state index contributed by atoms with van der Waals surface area (Å²) < 4.78 is 26.6. The molecule has 3 rings (SSSR count). The summed E-state index contributed by atoms with van der Waals surface area (Å²) in [5, 5.41) is 0. The molecule has 0 atom stereocenters. The second-order valence-electron chi connectivity index (χ2n) is 5.98. The fourth-order valence-corrected chi connectivity index (χ4v) is 3.05. The molecular formula is C19H18F2N2O2. The zero-order valence-corrected chi connectivity index (χ0v) is 13.8. The topological polar surface area (TPSA) is 40.6 Å². The molecule has 4 nitrogen and oxygen atoms in total. The van der Waals surface area contributed by atoms with Crippen molar-refractivity contribution in [1.82, 2.24) is 0 Å². The van der Waals surface area contributed by atoms with Gasteiger partial charge in [-0.1, -0.05) is 18.2 Å². The van der Waals surface area contributed by atoms with Gasteiger partial charge in [0.25, 0.3) is 0 Å². The lowest BCUT2D eigenvalue weighted by Gasteiger charge is -2.31. The summed E-state index contributed by atoms with van der Waals surface area (Å²) in [6.07, 6.45) is 1.74. The molecule has 1 heterocycles. The van der Waals surface area contributed by atoms with Gasteiger partial charge in [-0.15, -0.1) is 0 Å². The molecule has 0 aliphatic carbocycles. The van der Waals surface area contributed by atoms with Crippen molar-refractivity contribution >= 4 is 23.2 Å². The summed E-state index contributed by atoms with van der Waals surface area (Å²) in [6, 6.07) is 10.8. The predicted molar refractivity (Wildman–Crippen MR) is 91.5 cm³/mol. The molecule has 0 fully saturated rings. The molecule has 130 valence electrons. The monoisotopic (exact) mass is 344 g/mol. The molecule has 2 amide bonds. The Bertz CT molecular complexity index is 823. The van der Waals surface area contributed by atoms with Crippen molar-refractivity contribution < 1.29 is 18.4 Å². The van der Waals surface area contributed by atoms with Gasteiger partial charge >= 0.3 is 0 Å². The zero-order chi connectivity index (χ0) is 18.0. The Morgan fingerprint density at radius 3 is 2.60 bits per heavy atom. The Balaban J connectivity index is 1.85. The first-order valence-corrected chi connectivity index (χ1v) is 8.09. The number of fused-ring (bicyclic) bond motifs is 1. The van der Waals surface area contributed by atoms with Gasteiger partial charge in [-0.05, 0) is 36.6 Å². The quantitative estimate of drug-likeness (QED) is 0.857. The third-order valence-electron chi connectivity index (χ3n) is 4.30. The minimum absolute atomic E-state index is 0.157. The van der Waals surface area contributed by atoms with E-state index in [9.17, 15) is 18.4 Å². The van der Waals surface area contributed by atoms with Crippen LogP contribution in [0.5, 0.6) is 0 Å². The van der Waals surface area contributed by atoms with Gasteiger partial charge in [0, 0.05) is 30.9 Å². The zero-order valence-electron chi connectivity index (χ0n) is 13.8. The number of anilines is 2. The van der Waals surface area contributed by atoms with E-state index < -0.39 is 17.5 Å². The van der Waals surface area contributed by atoms with Crippen LogP contribution in [0.15, 0.2) is 42.5 Å². The number of carbonyl (C=O) groups is 2. The number of para-hydroxylation sites is 1. The Labute approximate surface area is 144 Å². The molecule has 2 aromatic carbocycles. The number of rotatable bonds is 3. The summed E-state index contributed by atoms with van der Waals surface area (Å²) in [4.78, 5) is 27.5. The normalized spacial score (nSPS) is 13.3. The van der Waals surface area contributed by atoms with Gasteiger partial charge in [-0.25, -0.2) is 8.78 Å². The van der Waals surface area contributed by atoms with Crippen LogP contribution in [0.3, 0.4) is 0 Å². The van der Waals surface area contributed by atoms with Crippen LogP contribution >= 0.6 is 0 Å². The first-order chi connectivity index (χ1) is 12.0. The van der Waals surface area contributed by atoms with E-state index in [4.69, 9.17) is 0 Å². The lowest BCUT2D eigenvalue weighted by Crippen LogP contribution is -2.44. The summed E-state index contributed by atoms with van der Waals surface area (Å²) in [5.41, 5.74) is 2.09. The van der Waals surface area contributed by atoms with Gasteiger partial charge < -0.3 is 9.80 Å². The highest BCUT2D eigenvalue weighted by molar-refractivity contribution is 6.03. The van der Waals surface area contributed by atoms with Gasteiger partial charge in [0.05, 0.1) is 0 Å². The number of carbonyl (C=O) groups excluding carboxylic acids is 2. The van der Waals surface area contributed by atoms with Crippen LogP contribution in [0.2, 0.25) is 0 Å². The molecule has 6 heteroatoms. The second-order valence-corrected chi connectivity index (χ2v) is 5.98. The lowest BCUT2D eigenvalue weighted by molar-refractivity contribution is -0.121. The molecule has 0 spiro atoms. The fourth-order valence-electron chi connectivity index (χ4n) is 3.05. The summed E-state index contributed by atoms with van der Waals surface area (Å²) in [6.45, 7) is 1.63. The number of hydrogen-bond acceptors (Lipinski definition) is 2. The molecule has 1 aliphatic heterocycles. The van der Waals surface area contributed by atoms with E-state index in [1.54, 1.807) is 4.90 Å². The highest BCUT2D eigenvalue weighted by Crippen LogP contribution is 2.27. The maximum atomic E-state index is 13.5. The minimum atomic E-state index is -1.06. The van der Waals surface area contributed by atoms with E-state index in [0.29, 0.717) is 6.54 Å². The highest BCUT2D eigenvalue weighted by atomic mass is 19.2. The third-order valence-corrected chi connectivity index (χ3v) is 4.30. The molecule has 0 saturated carbocycles. The van der Waals surface area contributed by atoms with Crippen LogP contribution in [0.4, 0.5) is 20.2 Å². The van der Waals surface area contributed by atoms with Crippen LogP contribution in [-0.4, -0.2) is 24.9 Å². The summed E-state index contributed by atoms with van der Waals surface area (Å²) >= 11 is 0. The Morgan fingerprint density at radius 1 is 1.12 bits per heavy atom. The molecule has 0 aromatic heterocycles. The fraction of sp³-hybridized carbons (Fsp3) is 0.263. The largest absolute Gasteiger partial charge is 0.311 e. The number of hydrogen-bond donors (Lipinski definition) is 0. The highest BCUT2D eigenvalue weighted by Gasteiger charge is 2.25. The van der Waals surface area contributed by atoms with E-state index in [1.807, 2.05) is 24.3 Å². The van der Waals surface area contributed by atoms with Crippen LogP contribution in [0, 0.1) is 11.6 Å². The molecule has 1 aliphatic rings. The third kappa shape index (κ3) is 3.52. The van der Waals surface area contributed by atoms with Crippen LogP contribution in [0.25, 0.3) is 0 Å². The average Bonchev–Trinajstić information content (AvgIpc) is 2.61. The minimum Gasteiger partial charge on any atom is -0.311 e. The van der Waals surface area contributed by atoms with Crippen molar-refractivity contribution in [1.29, 1.82) is 0 Å². The van der Waals surface area contributed by atoms with Crippen LogP contribution in [0.1, 0.15) is 18.9 Å². The molecule has 0 bridgehead atoms. The second kappa shape index (κ2) is 7.01. The van der Waals surface area contributed by atoms with E-state index in [-0.39, 0.29) is 18.1 Å². The van der Waals surface area contributed by atoms with Crippen molar-refractivity contribution in [2.45, 2.75) is 19.8 Å². The van der Waals surface area contributed by atoms with E-state index in [2.05, 4.69) is 0 Å². The molecular weight excluding hydrogens is 326 g/mol. The van der Waals surface area contributed by atoms with Gasteiger partial charge in [-0.3, -0.25) is 9.59 Å². The smallest absolute Gasteiger partial charge is 0.247 e.